The minimum absolute atomic E-state index is 0.0762. The molecule has 6 nitrogen and oxygen atoms in total. The molecule has 0 aliphatic heterocycles. The lowest BCUT2D eigenvalue weighted by atomic mass is 10.2. The van der Waals surface area contributed by atoms with Crippen molar-refractivity contribution in [2.45, 2.75) is 31.8 Å². The van der Waals surface area contributed by atoms with Gasteiger partial charge in [0.15, 0.2) is 5.82 Å². The molecule has 0 saturated heterocycles. The normalized spacial score (nSPS) is 14.1. The molecule has 2 aromatic heterocycles. The second kappa shape index (κ2) is 5.79. The Hall–Kier alpha value is -2.76. The number of nitrogens with zero attached hydrogens (tertiary/aromatic N) is 5. The smallest absolute Gasteiger partial charge is 0.252 e. The number of carbonyl (C=O) groups excluding carboxylic acids is 1. The van der Waals surface area contributed by atoms with E-state index in [1.807, 2.05) is 23.1 Å². The molecule has 0 N–H and O–H groups in total. The Morgan fingerprint density at radius 3 is 2.78 bits per heavy atom. The summed E-state index contributed by atoms with van der Waals surface area (Å²) in [6.07, 6.45) is 5.83. The van der Waals surface area contributed by atoms with Crippen LogP contribution in [0.1, 0.15) is 24.2 Å². The van der Waals surface area contributed by atoms with E-state index in [1.54, 1.807) is 23.0 Å². The third kappa shape index (κ3) is 3.06. The van der Waals surface area contributed by atoms with E-state index in [0.717, 1.165) is 18.4 Å². The van der Waals surface area contributed by atoms with E-state index in [1.165, 1.54) is 0 Å². The van der Waals surface area contributed by atoms with Gasteiger partial charge in [0.1, 0.15) is 0 Å². The Kier molecular flexibility index (Phi) is 3.49. The molecule has 4 rings (SSSR count). The largest absolute Gasteiger partial charge is 0.335 e. The van der Waals surface area contributed by atoms with Gasteiger partial charge in [-0.2, -0.15) is 4.98 Å². The molecule has 0 radical (unpaired) electrons. The first-order valence-electron chi connectivity index (χ1n) is 7.79. The van der Waals surface area contributed by atoms with Crippen molar-refractivity contribution in [2.75, 3.05) is 0 Å². The van der Waals surface area contributed by atoms with Crippen LogP contribution in [0, 0.1) is 0 Å². The number of aromatic nitrogens is 4. The highest BCUT2D eigenvalue weighted by Gasteiger charge is 2.32. The van der Waals surface area contributed by atoms with Crippen LogP contribution in [0.2, 0.25) is 0 Å². The first kappa shape index (κ1) is 13.9. The predicted octanol–water partition coefficient (Wildman–Crippen LogP) is 1.86. The van der Waals surface area contributed by atoms with Crippen LogP contribution in [0.4, 0.5) is 0 Å². The Balaban J connectivity index is 1.51. The van der Waals surface area contributed by atoms with Gasteiger partial charge in [0.05, 0.1) is 6.42 Å². The van der Waals surface area contributed by atoms with Crippen molar-refractivity contribution < 1.29 is 4.79 Å². The molecule has 1 amide bonds. The number of carbonyl (C=O) groups is 1. The summed E-state index contributed by atoms with van der Waals surface area (Å²) in [5.41, 5.74) is 1.15. The second-order valence-corrected chi connectivity index (χ2v) is 5.81. The summed E-state index contributed by atoms with van der Waals surface area (Å²) in [6.45, 7) is 0.649. The Labute approximate surface area is 133 Å². The van der Waals surface area contributed by atoms with Gasteiger partial charge in [-0.3, -0.25) is 4.79 Å². The highest BCUT2D eigenvalue weighted by molar-refractivity contribution is 5.78. The Morgan fingerprint density at radius 2 is 2.04 bits per heavy atom. The number of amides is 1. The molecule has 3 aromatic rings. The third-order valence-electron chi connectivity index (χ3n) is 3.97. The Bertz CT molecular complexity index is 792. The van der Waals surface area contributed by atoms with Gasteiger partial charge in [0.25, 0.3) is 5.78 Å². The summed E-state index contributed by atoms with van der Waals surface area (Å²) in [5, 5.41) is 4.32. The van der Waals surface area contributed by atoms with Gasteiger partial charge in [-0.15, -0.1) is 5.10 Å². The lowest BCUT2D eigenvalue weighted by Crippen LogP contribution is -2.34. The number of hydrogen-bond acceptors (Lipinski definition) is 4. The average Bonchev–Trinajstić information content (AvgIpc) is 3.33. The average molecular weight is 307 g/mol. The van der Waals surface area contributed by atoms with Crippen LogP contribution >= 0.6 is 0 Å². The fraction of sp³-hybridized carbons (Fsp3) is 0.294. The lowest BCUT2D eigenvalue weighted by Gasteiger charge is -2.22. The quantitative estimate of drug-likeness (QED) is 0.722. The van der Waals surface area contributed by atoms with Crippen LogP contribution in [0.15, 0.2) is 48.8 Å². The molecule has 1 fully saturated rings. The van der Waals surface area contributed by atoms with Gasteiger partial charge < -0.3 is 4.90 Å². The monoisotopic (exact) mass is 307 g/mol. The second-order valence-electron chi connectivity index (χ2n) is 5.81. The molecule has 6 heteroatoms. The van der Waals surface area contributed by atoms with Crippen LogP contribution < -0.4 is 0 Å². The molecule has 1 aromatic carbocycles. The number of benzene rings is 1. The molecule has 116 valence electrons. The summed E-state index contributed by atoms with van der Waals surface area (Å²) in [5.74, 6) is 1.12. The highest BCUT2D eigenvalue weighted by atomic mass is 16.2. The minimum Gasteiger partial charge on any atom is -0.335 e. The lowest BCUT2D eigenvalue weighted by molar-refractivity contribution is -0.131. The van der Waals surface area contributed by atoms with Crippen molar-refractivity contribution in [1.29, 1.82) is 0 Å². The van der Waals surface area contributed by atoms with Gasteiger partial charge in [0, 0.05) is 25.0 Å². The van der Waals surface area contributed by atoms with E-state index in [2.05, 4.69) is 27.2 Å². The van der Waals surface area contributed by atoms with Crippen LogP contribution in [0.25, 0.3) is 5.78 Å². The minimum atomic E-state index is 0.0762. The van der Waals surface area contributed by atoms with E-state index in [4.69, 9.17) is 0 Å². The summed E-state index contributed by atoms with van der Waals surface area (Å²) >= 11 is 0. The summed E-state index contributed by atoms with van der Waals surface area (Å²) in [4.78, 5) is 23.1. The van der Waals surface area contributed by atoms with Crippen molar-refractivity contribution in [3.05, 3.63) is 60.2 Å². The summed E-state index contributed by atoms with van der Waals surface area (Å²) in [7, 11) is 0. The van der Waals surface area contributed by atoms with E-state index in [-0.39, 0.29) is 12.3 Å². The molecule has 1 aliphatic carbocycles. The number of hydrogen-bond donors (Lipinski definition) is 0. The Morgan fingerprint density at radius 1 is 1.22 bits per heavy atom. The molecule has 1 saturated carbocycles. The SMILES string of the molecule is O=C(Cc1nc2ncccn2n1)N(Cc1ccccc1)C1CC1. The van der Waals surface area contributed by atoms with Gasteiger partial charge in [-0.1, -0.05) is 30.3 Å². The van der Waals surface area contributed by atoms with E-state index < -0.39 is 0 Å². The fourth-order valence-electron chi connectivity index (χ4n) is 2.67. The van der Waals surface area contributed by atoms with Crippen molar-refractivity contribution in [3.8, 4) is 0 Å². The van der Waals surface area contributed by atoms with Crippen LogP contribution in [-0.4, -0.2) is 36.4 Å². The highest BCUT2D eigenvalue weighted by Crippen LogP contribution is 2.28. The van der Waals surface area contributed by atoms with Crippen molar-refractivity contribution in [3.63, 3.8) is 0 Å². The van der Waals surface area contributed by atoms with Crippen molar-refractivity contribution >= 4 is 11.7 Å². The molecule has 23 heavy (non-hydrogen) atoms. The molecule has 0 unspecified atom stereocenters. The van der Waals surface area contributed by atoms with Gasteiger partial charge in [-0.05, 0) is 24.5 Å². The molecule has 0 bridgehead atoms. The van der Waals surface area contributed by atoms with Crippen LogP contribution in [0.3, 0.4) is 0 Å². The van der Waals surface area contributed by atoms with E-state index >= 15 is 0 Å². The van der Waals surface area contributed by atoms with Gasteiger partial charge >= 0.3 is 0 Å². The zero-order chi connectivity index (χ0) is 15.6. The number of fused-ring (bicyclic) bond motifs is 1. The maximum atomic E-state index is 12.7. The molecular formula is C17H17N5O. The third-order valence-corrected chi connectivity index (χ3v) is 3.97. The molecule has 0 atom stereocenters. The van der Waals surface area contributed by atoms with Crippen molar-refractivity contribution in [2.24, 2.45) is 0 Å². The molecule has 0 spiro atoms. The maximum absolute atomic E-state index is 12.7. The van der Waals surface area contributed by atoms with Crippen LogP contribution in [0.5, 0.6) is 0 Å². The van der Waals surface area contributed by atoms with Crippen molar-refractivity contribution in [1.82, 2.24) is 24.5 Å². The predicted molar refractivity (Wildman–Crippen MR) is 84.5 cm³/mol. The molecule has 1 aliphatic rings. The zero-order valence-corrected chi connectivity index (χ0v) is 12.7. The topological polar surface area (TPSA) is 63.4 Å². The summed E-state index contributed by atoms with van der Waals surface area (Å²) in [6, 6.07) is 12.2. The van der Waals surface area contributed by atoms with Crippen LogP contribution in [-0.2, 0) is 17.8 Å². The van der Waals surface area contributed by atoms with Gasteiger partial charge in [0.2, 0.25) is 5.91 Å². The standard InChI is InChI=1S/C17H17N5O/c23-16(11-15-19-17-18-9-4-10-22(17)20-15)21(14-7-8-14)12-13-5-2-1-3-6-13/h1-6,9-10,14H,7-8,11-12H2. The van der Waals surface area contributed by atoms with Gasteiger partial charge in [-0.25, -0.2) is 9.50 Å². The summed E-state index contributed by atoms with van der Waals surface area (Å²) < 4.78 is 1.60. The fourth-order valence-corrected chi connectivity index (χ4v) is 2.67. The first-order chi connectivity index (χ1) is 11.3. The zero-order valence-electron chi connectivity index (χ0n) is 12.7. The molecule has 2 heterocycles. The first-order valence-corrected chi connectivity index (χ1v) is 7.79. The van der Waals surface area contributed by atoms with E-state index in [9.17, 15) is 4.79 Å². The number of rotatable bonds is 5. The molecular weight excluding hydrogens is 290 g/mol. The maximum Gasteiger partial charge on any atom is 0.252 e. The van der Waals surface area contributed by atoms with E-state index in [0.29, 0.717) is 24.2 Å².